The summed E-state index contributed by atoms with van der Waals surface area (Å²) in [6.07, 6.45) is 1.05. The molecule has 0 radical (unpaired) electrons. The van der Waals surface area contributed by atoms with Gasteiger partial charge in [0.15, 0.2) is 0 Å². The zero-order valence-electron chi connectivity index (χ0n) is 14.9. The maximum absolute atomic E-state index is 12.5. The van der Waals surface area contributed by atoms with Crippen molar-refractivity contribution in [3.63, 3.8) is 0 Å². The third kappa shape index (κ3) is 3.85. The van der Waals surface area contributed by atoms with Crippen molar-refractivity contribution in [1.82, 2.24) is 5.32 Å². The Morgan fingerprint density at radius 3 is 2.68 bits per heavy atom. The molecule has 1 heterocycles. The summed E-state index contributed by atoms with van der Waals surface area (Å²) < 4.78 is 0. The van der Waals surface area contributed by atoms with Crippen molar-refractivity contribution in [3.05, 3.63) is 65.2 Å². The number of nitrogens with one attached hydrogen (secondary N) is 1. The van der Waals surface area contributed by atoms with Gasteiger partial charge in [-0.2, -0.15) is 0 Å². The van der Waals surface area contributed by atoms with Crippen molar-refractivity contribution in [1.29, 1.82) is 0 Å². The fourth-order valence-electron chi connectivity index (χ4n) is 3.49. The Bertz CT molecular complexity index is 730. The molecule has 2 aromatic carbocycles. The smallest absolute Gasteiger partial charge is 0.227 e. The lowest BCUT2D eigenvalue weighted by Gasteiger charge is -2.18. The molecule has 2 atom stereocenters. The van der Waals surface area contributed by atoms with Crippen molar-refractivity contribution in [2.24, 2.45) is 0 Å². The summed E-state index contributed by atoms with van der Waals surface area (Å²) in [7, 11) is 2.08. The Balaban J connectivity index is 1.62. The van der Waals surface area contributed by atoms with Gasteiger partial charge in [-0.25, -0.2) is 0 Å². The number of benzene rings is 2. The van der Waals surface area contributed by atoms with Crippen molar-refractivity contribution >= 4 is 11.6 Å². The minimum absolute atomic E-state index is 0.0337. The van der Waals surface area contributed by atoms with Crippen LogP contribution < -0.4 is 10.2 Å². The number of nitrogens with zero attached hydrogens (tertiary/aromatic N) is 1. The van der Waals surface area contributed by atoms with E-state index < -0.39 is 6.10 Å². The summed E-state index contributed by atoms with van der Waals surface area (Å²) in [5.41, 5.74) is 4.37. The average molecular weight is 338 g/mol. The van der Waals surface area contributed by atoms with E-state index in [2.05, 4.69) is 29.4 Å². The first kappa shape index (κ1) is 17.5. The van der Waals surface area contributed by atoms with Crippen LogP contribution >= 0.6 is 0 Å². The van der Waals surface area contributed by atoms with E-state index in [0.29, 0.717) is 0 Å². The Labute approximate surface area is 149 Å². The van der Waals surface area contributed by atoms with Gasteiger partial charge in [0.1, 0.15) is 0 Å². The first-order valence-corrected chi connectivity index (χ1v) is 8.94. The summed E-state index contributed by atoms with van der Waals surface area (Å²) in [6, 6.07) is 15.9. The second-order valence-electron chi connectivity index (χ2n) is 6.69. The number of anilines is 1. The molecule has 0 aliphatic carbocycles. The monoisotopic (exact) mass is 338 g/mol. The minimum atomic E-state index is -0.687. The summed E-state index contributed by atoms with van der Waals surface area (Å²) in [6.45, 7) is 3.25. The lowest BCUT2D eigenvalue weighted by atomic mass is 9.95. The number of aliphatic hydroxyl groups is 1. The molecule has 0 saturated heterocycles. The summed E-state index contributed by atoms with van der Waals surface area (Å²) in [5.74, 6) is -0.212. The molecule has 0 aromatic heterocycles. The molecule has 1 aliphatic heterocycles. The third-order valence-corrected chi connectivity index (χ3v) is 5.01. The zero-order valence-corrected chi connectivity index (χ0v) is 14.9. The number of fused-ring (bicyclic) bond motifs is 1. The molecule has 0 saturated carbocycles. The fourth-order valence-corrected chi connectivity index (χ4v) is 3.49. The number of hydrogen-bond donors (Lipinski definition) is 2. The lowest BCUT2D eigenvalue weighted by Crippen LogP contribution is -2.32. The summed E-state index contributed by atoms with van der Waals surface area (Å²) in [4.78, 5) is 14.7. The number of rotatable bonds is 6. The van der Waals surface area contributed by atoms with E-state index in [1.807, 2.05) is 43.3 Å². The molecule has 2 N–H and O–H groups in total. The van der Waals surface area contributed by atoms with Gasteiger partial charge in [0.25, 0.3) is 0 Å². The molecule has 3 rings (SSSR count). The quantitative estimate of drug-likeness (QED) is 0.851. The average Bonchev–Trinajstić information content (AvgIpc) is 3.01. The first-order chi connectivity index (χ1) is 12.1. The molecule has 25 heavy (non-hydrogen) atoms. The number of carbonyl (C=O) groups excluding carboxylic acids is 1. The van der Waals surface area contributed by atoms with E-state index in [9.17, 15) is 9.90 Å². The highest BCUT2D eigenvalue weighted by Crippen LogP contribution is 2.29. The van der Waals surface area contributed by atoms with Gasteiger partial charge in [-0.1, -0.05) is 49.4 Å². The second-order valence-corrected chi connectivity index (χ2v) is 6.69. The van der Waals surface area contributed by atoms with Crippen LogP contribution in [0.3, 0.4) is 0 Å². The molecule has 0 bridgehead atoms. The van der Waals surface area contributed by atoms with E-state index in [0.717, 1.165) is 30.5 Å². The SMILES string of the molecule is CC[C@H](C(=O)NC[C@@H](O)c1ccc2c(c1)CCN2C)c1ccccc1. The molecule has 0 spiro atoms. The highest BCUT2D eigenvalue weighted by Gasteiger charge is 2.21. The van der Waals surface area contributed by atoms with Crippen LogP contribution in [0.5, 0.6) is 0 Å². The van der Waals surface area contributed by atoms with E-state index in [-0.39, 0.29) is 18.4 Å². The van der Waals surface area contributed by atoms with Gasteiger partial charge in [-0.15, -0.1) is 0 Å². The Hall–Kier alpha value is -2.33. The molecular weight excluding hydrogens is 312 g/mol. The number of carbonyl (C=O) groups is 1. The van der Waals surface area contributed by atoms with Crippen LogP contribution in [-0.2, 0) is 11.2 Å². The van der Waals surface area contributed by atoms with Crippen LogP contribution in [0.15, 0.2) is 48.5 Å². The first-order valence-electron chi connectivity index (χ1n) is 8.94. The maximum atomic E-state index is 12.5. The molecular formula is C21H26N2O2. The van der Waals surface area contributed by atoms with E-state index in [1.165, 1.54) is 11.3 Å². The van der Waals surface area contributed by atoms with Crippen molar-refractivity contribution in [2.75, 3.05) is 25.0 Å². The zero-order chi connectivity index (χ0) is 17.8. The molecule has 2 aromatic rings. The highest BCUT2D eigenvalue weighted by molar-refractivity contribution is 5.83. The minimum Gasteiger partial charge on any atom is -0.387 e. The lowest BCUT2D eigenvalue weighted by molar-refractivity contribution is -0.123. The second kappa shape index (κ2) is 7.70. The van der Waals surface area contributed by atoms with E-state index in [1.54, 1.807) is 0 Å². The Morgan fingerprint density at radius 1 is 1.20 bits per heavy atom. The van der Waals surface area contributed by atoms with E-state index >= 15 is 0 Å². The van der Waals surface area contributed by atoms with Crippen LogP contribution in [0.1, 0.15) is 42.1 Å². The molecule has 1 aliphatic rings. The summed E-state index contributed by atoms with van der Waals surface area (Å²) in [5, 5.41) is 13.4. The van der Waals surface area contributed by atoms with Crippen LogP contribution in [-0.4, -0.2) is 31.2 Å². The van der Waals surface area contributed by atoms with Crippen molar-refractivity contribution in [3.8, 4) is 0 Å². The maximum Gasteiger partial charge on any atom is 0.227 e. The molecule has 132 valence electrons. The standard InChI is InChI=1S/C21H26N2O2/c1-3-18(15-7-5-4-6-8-15)21(25)22-14-20(24)17-9-10-19-16(13-17)11-12-23(19)2/h4-10,13,18,20,24H,3,11-12,14H2,1-2H3,(H,22,25)/t18-,20+/m0/s1. The van der Waals surface area contributed by atoms with Gasteiger partial charge in [-0.3, -0.25) is 4.79 Å². The fraction of sp³-hybridized carbons (Fsp3) is 0.381. The number of likely N-dealkylation sites (N-methyl/N-ethyl adjacent to an activating group) is 1. The van der Waals surface area contributed by atoms with Crippen LogP contribution in [0.4, 0.5) is 5.69 Å². The van der Waals surface area contributed by atoms with Crippen molar-refractivity contribution in [2.45, 2.75) is 31.8 Å². The van der Waals surface area contributed by atoms with Crippen molar-refractivity contribution < 1.29 is 9.90 Å². The van der Waals surface area contributed by atoms with Crippen LogP contribution in [0.2, 0.25) is 0 Å². The van der Waals surface area contributed by atoms with Crippen LogP contribution in [0.25, 0.3) is 0 Å². The molecule has 1 amide bonds. The molecule has 0 fully saturated rings. The molecule has 4 nitrogen and oxygen atoms in total. The number of hydrogen-bond acceptors (Lipinski definition) is 3. The van der Waals surface area contributed by atoms with Gasteiger partial charge in [-0.05, 0) is 35.6 Å². The third-order valence-electron chi connectivity index (χ3n) is 5.01. The van der Waals surface area contributed by atoms with E-state index in [4.69, 9.17) is 0 Å². The topological polar surface area (TPSA) is 52.6 Å². The molecule has 4 heteroatoms. The highest BCUT2D eigenvalue weighted by atomic mass is 16.3. The number of amides is 1. The predicted molar refractivity (Wildman–Crippen MR) is 101 cm³/mol. The predicted octanol–water partition coefficient (Wildman–Crippen LogP) is 3.02. The van der Waals surface area contributed by atoms with Gasteiger partial charge in [0, 0.05) is 25.8 Å². The molecule has 0 unspecified atom stereocenters. The van der Waals surface area contributed by atoms with Gasteiger partial charge < -0.3 is 15.3 Å². The largest absolute Gasteiger partial charge is 0.387 e. The number of aliphatic hydroxyl groups excluding tert-OH is 1. The Morgan fingerprint density at radius 2 is 1.96 bits per heavy atom. The van der Waals surface area contributed by atoms with Gasteiger partial charge >= 0.3 is 0 Å². The van der Waals surface area contributed by atoms with Gasteiger partial charge in [0.05, 0.1) is 12.0 Å². The summed E-state index contributed by atoms with van der Waals surface area (Å²) >= 11 is 0. The van der Waals surface area contributed by atoms with Crippen LogP contribution in [0, 0.1) is 0 Å². The van der Waals surface area contributed by atoms with Gasteiger partial charge in [0.2, 0.25) is 5.91 Å². The Kier molecular flexibility index (Phi) is 5.39. The normalized spacial score (nSPS) is 15.6.